The predicted molar refractivity (Wildman–Crippen MR) is 50.5 cm³/mol. The molecule has 0 aliphatic rings. The van der Waals surface area contributed by atoms with Gasteiger partial charge >= 0.3 is 0 Å². The van der Waals surface area contributed by atoms with Crippen molar-refractivity contribution >= 4 is 18.3 Å². The normalized spacial score (nSPS) is 9.50. The number of hydrogen-bond acceptors (Lipinski definition) is 2. The van der Waals surface area contributed by atoms with Gasteiger partial charge in [0.25, 0.3) is 0 Å². The number of rotatable bonds is 3. The highest BCUT2D eigenvalue weighted by molar-refractivity contribution is 6.31. The molecule has 64 valence electrons. The SMILES string of the molecule is C=NOCc1ccc(C)c(Cl)c1. The highest BCUT2D eigenvalue weighted by Crippen LogP contribution is 2.16. The van der Waals surface area contributed by atoms with E-state index in [-0.39, 0.29) is 0 Å². The van der Waals surface area contributed by atoms with Gasteiger partial charge in [0.15, 0.2) is 0 Å². The maximum Gasteiger partial charge on any atom is 0.142 e. The second-order valence-corrected chi connectivity index (χ2v) is 2.89. The molecule has 0 saturated carbocycles. The first-order valence-electron chi connectivity index (χ1n) is 3.57. The molecule has 3 heteroatoms. The summed E-state index contributed by atoms with van der Waals surface area (Å²) in [5.74, 6) is 0. The van der Waals surface area contributed by atoms with Gasteiger partial charge in [-0.25, -0.2) is 0 Å². The molecule has 1 rings (SSSR count). The van der Waals surface area contributed by atoms with Crippen LogP contribution >= 0.6 is 11.6 Å². The Kier molecular flexibility index (Phi) is 3.11. The first-order chi connectivity index (χ1) is 5.74. The van der Waals surface area contributed by atoms with E-state index in [0.29, 0.717) is 6.61 Å². The molecule has 0 unspecified atom stereocenters. The summed E-state index contributed by atoms with van der Waals surface area (Å²) >= 11 is 5.89. The Balaban J connectivity index is 2.75. The molecule has 0 fully saturated rings. The van der Waals surface area contributed by atoms with Crippen molar-refractivity contribution < 1.29 is 4.84 Å². The molecule has 0 heterocycles. The maximum absolute atomic E-state index is 5.89. The zero-order valence-electron chi connectivity index (χ0n) is 6.88. The fourth-order valence-electron chi connectivity index (χ4n) is 0.846. The molecule has 2 nitrogen and oxygen atoms in total. The van der Waals surface area contributed by atoms with E-state index >= 15 is 0 Å². The number of nitrogens with zero attached hydrogens (tertiary/aromatic N) is 1. The van der Waals surface area contributed by atoms with Crippen LogP contribution < -0.4 is 0 Å². The zero-order chi connectivity index (χ0) is 8.97. The van der Waals surface area contributed by atoms with Crippen molar-refractivity contribution in [3.05, 3.63) is 34.3 Å². The average Bonchev–Trinajstić information content (AvgIpc) is 2.07. The molecule has 0 aromatic heterocycles. The third kappa shape index (κ3) is 2.24. The lowest BCUT2D eigenvalue weighted by molar-refractivity contribution is 0.133. The van der Waals surface area contributed by atoms with Crippen LogP contribution in [0.3, 0.4) is 0 Å². The summed E-state index contributed by atoms with van der Waals surface area (Å²) in [5.41, 5.74) is 2.06. The smallest absolute Gasteiger partial charge is 0.142 e. The van der Waals surface area contributed by atoms with Crippen LogP contribution in [0.5, 0.6) is 0 Å². The third-order valence-electron chi connectivity index (χ3n) is 1.56. The molecular formula is C9H10ClNO. The Hall–Kier alpha value is -1.02. The lowest BCUT2D eigenvalue weighted by atomic mass is 10.2. The lowest BCUT2D eigenvalue weighted by Crippen LogP contribution is -1.87. The number of benzene rings is 1. The van der Waals surface area contributed by atoms with Crippen molar-refractivity contribution in [1.82, 2.24) is 0 Å². The highest BCUT2D eigenvalue weighted by Gasteiger charge is 1.97. The van der Waals surface area contributed by atoms with Gasteiger partial charge in [0.1, 0.15) is 6.61 Å². The highest BCUT2D eigenvalue weighted by atomic mass is 35.5. The number of aryl methyl sites for hydroxylation is 1. The minimum atomic E-state index is 0.420. The molecule has 1 aromatic carbocycles. The van der Waals surface area contributed by atoms with Gasteiger partial charge in [0.05, 0.1) is 0 Å². The van der Waals surface area contributed by atoms with Crippen molar-refractivity contribution in [2.45, 2.75) is 13.5 Å². The molecule has 0 amide bonds. The summed E-state index contributed by atoms with van der Waals surface area (Å²) in [6, 6.07) is 5.76. The second-order valence-electron chi connectivity index (χ2n) is 2.49. The van der Waals surface area contributed by atoms with E-state index in [2.05, 4.69) is 11.9 Å². The molecule has 0 bridgehead atoms. The second kappa shape index (κ2) is 4.12. The maximum atomic E-state index is 5.89. The molecule has 0 spiro atoms. The Morgan fingerprint density at radius 3 is 2.92 bits per heavy atom. The van der Waals surface area contributed by atoms with Gasteiger partial charge in [-0.3, -0.25) is 0 Å². The quantitative estimate of drug-likeness (QED) is 0.522. The summed E-state index contributed by atoms with van der Waals surface area (Å²) in [6.07, 6.45) is 0. The van der Waals surface area contributed by atoms with Gasteiger partial charge in [0.2, 0.25) is 0 Å². The predicted octanol–water partition coefficient (Wildman–Crippen LogP) is 2.78. The topological polar surface area (TPSA) is 21.6 Å². The van der Waals surface area contributed by atoms with E-state index in [9.17, 15) is 0 Å². The van der Waals surface area contributed by atoms with Crippen LogP contribution in [0.1, 0.15) is 11.1 Å². The van der Waals surface area contributed by atoms with Crippen LogP contribution in [0, 0.1) is 6.92 Å². The largest absolute Gasteiger partial charge is 0.391 e. The fourth-order valence-corrected chi connectivity index (χ4v) is 1.05. The van der Waals surface area contributed by atoms with E-state index in [1.165, 1.54) is 0 Å². The summed E-state index contributed by atoms with van der Waals surface area (Å²) in [5, 5.41) is 4.04. The van der Waals surface area contributed by atoms with Crippen LogP contribution in [-0.2, 0) is 11.4 Å². The van der Waals surface area contributed by atoms with Crippen molar-refractivity contribution in [1.29, 1.82) is 0 Å². The monoisotopic (exact) mass is 183 g/mol. The first-order valence-corrected chi connectivity index (χ1v) is 3.95. The summed E-state index contributed by atoms with van der Waals surface area (Å²) in [6.45, 7) is 5.59. The molecule has 0 N–H and O–H groups in total. The van der Waals surface area contributed by atoms with E-state index in [1.807, 2.05) is 25.1 Å². The molecular weight excluding hydrogens is 174 g/mol. The first kappa shape index (κ1) is 9.07. The molecule has 0 atom stereocenters. The molecule has 0 aliphatic carbocycles. The van der Waals surface area contributed by atoms with Gasteiger partial charge in [-0.15, -0.1) is 5.16 Å². The van der Waals surface area contributed by atoms with Crippen molar-refractivity contribution in [2.75, 3.05) is 0 Å². The van der Waals surface area contributed by atoms with Crippen molar-refractivity contribution in [3.63, 3.8) is 0 Å². The Morgan fingerprint density at radius 2 is 2.33 bits per heavy atom. The number of hydrogen-bond donors (Lipinski definition) is 0. The van der Waals surface area contributed by atoms with Crippen molar-refractivity contribution in [3.8, 4) is 0 Å². The average molecular weight is 184 g/mol. The van der Waals surface area contributed by atoms with Crippen molar-refractivity contribution in [2.24, 2.45) is 5.16 Å². The molecule has 12 heavy (non-hydrogen) atoms. The molecule has 0 aliphatic heterocycles. The lowest BCUT2D eigenvalue weighted by Gasteiger charge is -2.01. The zero-order valence-corrected chi connectivity index (χ0v) is 7.64. The molecule has 1 aromatic rings. The van der Waals surface area contributed by atoms with Crippen LogP contribution in [0.25, 0.3) is 0 Å². The van der Waals surface area contributed by atoms with E-state index in [4.69, 9.17) is 16.4 Å². The van der Waals surface area contributed by atoms with E-state index in [0.717, 1.165) is 16.1 Å². The Morgan fingerprint density at radius 1 is 1.58 bits per heavy atom. The minimum absolute atomic E-state index is 0.420. The summed E-state index contributed by atoms with van der Waals surface area (Å²) in [7, 11) is 0. The Labute approximate surface area is 76.8 Å². The van der Waals surface area contributed by atoms with Crippen LogP contribution in [0.2, 0.25) is 5.02 Å². The van der Waals surface area contributed by atoms with Gasteiger partial charge in [0, 0.05) is 11.7 Å². The molecule has 0 radical (unpaired) electrons. The minimum Gasteiger partial charge on any atom is -0.391 e. The van der Waals surface area contributed by atoms with Crippen LogP contribution in [0.4, 0.5) is 0 Å². The van der Waals surface area contributed by atoms with Gasteiger partial charge in [-0.05, 0) is 24.1 Å². The molecule has 0 saturated heterocycles. The van der Waals surface area contributed by atoms with Gasteiger partial charge in [-0.1, -0.05) is 23.7 Å². The van der Waals surface area contributed by atoms with Gasteiger partial charge < -0.3 is 4.84 Å². The van der Waals surface area contributed by atoms with E-state index in [1.54, 1.807) is 0 Å². The number of oxime groups is 1. The van der Waals surface area contributed by atoms with Gasteiger partial charge in [-0.2, -0.15) is 0 Å². The third-order valence-corrected chi connectivity index (χ3v) is 1.97. The Bertz CT molecular complexity index is 286. The standard InChI is InChI=1S/C9H10ClNO/c1-7-3-4-8(5-9(7)10)6-12-11-2/h3-5H,2,6H2,1H3. The van der Waals surface area contributed by atoms with E-state index < -0.39 is 0 Å². The number of halogens is 1. The summed E-state index contributed by atoms with van der Waals surface area (Å²) < 4.78 is 0. The van der Waals surface area contributed by atoms with Crippen LogP contribution in [0.15, 0.2) is 23.4 Å². The fraction of sp³-hybridized carbons (Fsp3) is 0.222. The summed E-state index contributed by atoms with van der Waals surface area (Å²) in [4.78, 5) is 4.77. The van der Waals surface area contributed by atoms with Crippen LogP contribution in [-0.4, -0.2) is 6.72 Å².